The van der Waals surface area contributed by atoms with Crippen LogP contribution >= 0.6 is 12.2 Å². The third-order valence-corrected chi connectivity index (χ3v) is 2.69. The van der Waals surface area contributed by atoms with Gasteiger partial charge < -0.3 is 5.73 Å². The lowest BCUT2D eigenvalue weighted by Gasteiger charge is -2.21. The van der Waals surface area contributed by atoms with Crippen molar-refractivity contribution < 1.29 is 0 Å². The van der Waals surface area contributed by atoms with Gasteiger partial charge in [0.05, 0.1) is 5.57 Å². The maximum absolute atomic E-state index is 8.86. The lowest BCUT2D eigenvalue weighted by Crippen LogP contribution is -2.15. The minimum atomic E-state index is 0.256. The van der Waals surface area contributed by atoms with Gasteiger partial charge >= 0.3 is 0 Å². The molecule has 0 amide bonds. The quantitative estimate of drug-likeness (QED) is 0.396. The lowest BCUT2D eigenvalue weighted by atomic mass is 9.84. The standard InChI is InChI=1S/C10H14N2S/c1-7-3-2-4-8(5-7)9(6-11)10(12)13/h7H,2-5H2,1H3,(H2,12,13)/b9-8-/t7-/m1/s1. The van der Waals surface area contributed by atoms with Crippen molar-refractivity contribution in [2.45, 2.75) is 32.6 Å². The van der Waals surface area contributed by atoms with Gasteiger partial charge in [-0.2, -0.15) is 5.26 Å². The predicted octanol–water partition coefficient (Wildman–Crippen LogP) is 2.30. The molecule has 1 aliphatic carbocycles. The fourth-order valence-electron chi connectivity index (χ4n) is 1.82. The third kappa shape index (κ3) is 2.53. The maximum Gasteiger partial charge on any atom is 0.114 e. The van der Waals surface area contributed by atoms with Crippen LogP contribution in [0.5, 0.6) is 0 Å². The normalized spacial score (nSPS) is 26.3. The van der Waals surface area contributed by atoms with Gasteiger partial charge in [0.1, 0.15) is 11.1 Å². The van der Waals surface area contributed by atoms with Gasteiger partial charge in [-0.3, -0.25) is 0 Å². The molecule has 0 heterocycles. The monoisotopic (exact) mass is 194 g/mol. The van der Waals surface area contributed by atoms with Crippen LogP contribution in [0.3, 0.4) is 0 Å². The molecule has 0 unspecified atom stereocenters. The largest absolute Gasteiger partial charge is 0.389 e. The van der Waals surface area contributed by atoms with Gasteiger partial charge in [0, 0.05) is 0 Å². The van der Waals surface area contributed by atoms with E-state index in [4.69, 9.17) is 23.2 Å². The molecule has 0 radical (unpaired) electrons. The number of rotatable bonds is 1. The van der Waals surface area contributed by atoms with E-state index >= 15 is 0 Å². The molecule has 13 heavy (non-hydrogen) atoms. The second kappa shape index (κ2) is 4.38. The molecule has 1 rings (SSSR count). The van der Waals surface area contributed by atoms with Gasteiger partial charge in [-0.1, -0.05) is 25.6 Å². The predicted molar refractivity (Wildman–Crippen MR) is 57.1 cm³/mol. The number of nitriles is 1. The fraction of sp³-hybridized carbons (Fsp3) is 0.600. The highest BCUT2D eigenvalue weighted by molar-refractivity contribution is 7.80. The SMILES string of the molecule is C[C@@H]1CCC/C(=C(\C#N)C(N)=S)C1. The van der Waals surface area contributed by atoms with Gasteiger partial charge in [-0.25, -0.2) is 0 Å². The first-order valence-corrected chi connectivity index (χ1v) is 4.98. The van der Waals surface area contributed by atoms with Gasteiger partial charge in [0.15, 0.2) is 0 Å². The van der Waals surface area contributed by atoms with E-state index in [2.05, 4.69) is 13.0 Å². The fourth-order valence-corrected chi connectivity index (χ4v) is 2.01. The molecule has 2 nitrogen and oxygen atoms in total. The number of hydrogen-bond donors (Lipinski definition) is 1. The summed E-state index contributed by atoms with van der Waals surface area (Å²) in [6, 6.07) is 2.11. The van der Waals surface area contributed by atoms with Crippen molar-refractivity contribution in [3.63, 3.8) is 0 Å². The van der Waals surface area contributed by atoms with Gasteiger partial charge in [0.25, 0.3) is 0 Å². The zero-order valence-electron chi connectivity index (χ0n) is 7.84. The second-order valence-corrected chi connectivity index (χ2v) is 4.10. The summed E-state index contributed by atoms with van der Waals surface area (Å²) < 4.78 is 0. The van der Waals surface area contributed by atoms with E-state index in [1.807, 2.05) is 0 Å². The Kier molecular flexibility index (Phi) is 3.44. The Labute approximate surface area is 84.4 Å². The van der Waals surface area contributed by atoms with E-state index in [0.29, 0.717) is 11.5 Å². The van der Waals surface area contributed by atoms with Crippen molar-refractivity contribution in [2.24, 2.45) is 11.7 Å². The molecule has 1 fully saturated rings. The maximum atomic E-state index is 8.86. The molecule has 70 valence electrons. The van der Waals surface area contributed by atoms with Gasteiger partial charge in [-0.15, -0.1) is 0 Å². The minimum absolute atomic E-state index is 0.256. The first kappa shape index (κ1) is 10.2. The molecule has 1 atom stereocenters. The molecular formula is C10H14N2S. The highest BCUT2D eigenvalue weighted by Gasteiger charge is 2.17. The summed E-state index contributed by atoms with van der Waals surface area (Å²) in [7, 11) is 0. The number of hydrogen-bond acceptors (Lipinski definition) is 2. The Balaban J connectivity index is 2.88. The summed E-state index contributed by atoms with van der Waals surface area (Å²) in [5.74, 6) is 0.668. The zero-order chi connectivity index (χ0) is 9.84. The first-order valence-electron chi connectivity index (χ1n) is 4.57. The number of allylic oxidation sites excluding steroid dienone is 1. The molecule has 0 saturated heterocycles. The highest BCUT2D eigenvalue weighted by Crippen LogP contribution is 2.29. The summed E-state index contributed by atoms with van der Waals surface area (Å²) in [4.78, 5) is 0.256. The average Bonchev–Trinajstić information content (AvgIpc) is 2.04. The molecule has 0 aromatic carbocycles. The summed E-state index contributed by atoms with van der Waals surface area (Å²) in [6.45, 7) is 2.20. The van der Waals surface area contributed by atoms with Crippen LogP contribution in [-0.4, -0.2) is 4.99 Å². The topological polar surface area (TPSA) is 49.8 Å². The Morgan fingerprint density at radius 2 is 2.38 bits per heavy atom. The first-order chi connectivity index (χ1) is 6.15. The van der Waals surface area contributed by atoms with E-state index in [-0.39, 0.29) is 4.99 Å². The molecule has 2 N–H and O–H groups in total. The third-order valence-electron chi connectivity index (χ3n) is 2.48. The van der Waals surface area contributed by atoms with Gasteiger partial charge in [0.2, 0.25) is 0 Å². The molecule has 0 aromatic rings. The Bertz CT molecular complexity index is 286. The van der Waals surface area contributed by atoms with E-state index in [1.54, 1.807) is 0 Å². The van der Waals surface area contributed by atoms with Crippen LogP contribution in [0.4, 0.5) is 0 Å². The van der Waals surface area contributed by atoms with Crippen LogP contribution in [-0.2, 0) is 0 Å². The second-order valence-electron chi connectivity index (χ2n) is 3.66. The van der Waals surface area contributed by atoms with Crippen molar-refractivity contribution in [1.29, 1.82) is 5.26 Å². The molecule has 0 bridgehead atoms. The van der Waals surface area contributed by atoms with Crippen molar-refractivity contribution in [3.8, 4) is 6.07 Å². The van der Waals surface area contributed by atoms with E-state index in [0.717, 1.165) is 24.8 Å². The molecule has 0 spiro atoms. The smallest absolute Gasteiger partial charge is 0.114 e. The van der Waals surface area contributed by atoms with E-state index < -0.39 is 0 Å². The van der Waals surface area contributed by atoms with Crippen molar-refractivity contribution >= 4 is 17.2 Å². The number of nitrogens with two attached hydrogens (primary N) is 1. The minimum Gasteiger partial charge on any atom is -0.389 e. The Morgan fingerprint density at radius 1 is 1.69 bits per heavy atom. The Hall–Kier alpha value is -0.880. The Morgan fingerprint density at radius 3 is 2.85 bits per heavy atom. The number of thiocarbonyl (C=S) groups is 1. The van der Waals surface area contributed by atoms with Crippen LogP contribution in [0.2, 0.25) is 0 Å². The zero-order valence-corrected chi connectivity index (χ0v) is 8.66. The number of nitrogens with zero attached hydrogens (tertiary/aromatic N) is 1. The summed E-state index contributed by atoms with van der Waals surface area (Å²) >= 11 is 4.83. The van der Waals surface area contributed by atoms with Crippen LogP contribution in [0.1, 0.15) is 32.6 Å². The molecule has 1 saturated carbocycles. The molecule has 3 heteroatoms. The molecule has 1 aliphatic rings. The van der Waals surface area contributed by atoms with E-state index in [9.17, 15) is 0 Å². The van der Waals surface area contributed by atoms with E-state index in [1.165, 1.54) is 6.42 Å². The molecule has 0 aromatic heterocycles. The van der Waals surface area contributed by atoms with Crippen LogP contribution in [0.15, 0.2) is 11.1 Å². The van der Waals surface area contributed by atoms with Crippen LogP contribution in [0.25, 0.3) is 0 Å². The van der Waals surface area contributed by atoms with Crippen LogP contribution in [0, 0.1) is 17.2 Å². The van der Waals surface area contributed by atoms with Crippen LogP contribution < -0.4 is 5.73 Å². The average molecular weight is 194 g/mol. The van der Waals surface area contributed by atoms with Crippen molar-refractivity contribution in [2.75, 3.05) is 0 Å². The van der Waals surface area contributed by atoms with Crippen molar-refractivity contribution in [1.82, 2.24) is 0 Å². The summed E-state index contributed by atoms with van der Waals surface area (Å²) in [5.41, 5.74) is 7.19. The highest BCUT2D eigenvalue weighted by atomic mass is 32.1. The summed E-state index contributed by atoms with van der Waals surface area (Å²) in [5, 5.41) is 8.86. The van der Waals surface area contributed by atoms with Crippen molar-refractivity contribution in [3.05, 3.63) is 11.1 Å². The molecule has 0 aliphatic heterocycles. The summed E-state index contributed by atoms with van der Waals surface area (Å²) in [6.07, 6.45) is 4.38. The van der Waals surface area contributed by atoms with Gasteiger partial charge in [-0.05, 0) is 30.8 Å². The molecular weight excluding hydrogens is 180 g/mol. The lowest BCUT2D eigenvalue weighted by molar-refractivity contribution is 0.452.